The lowest BCUT2D eigenvalue weighted by Gasteiger charge is -2.24. The number of benzene rings is 1. The predicted molar refractivity (Wildman–Crippen MR) is 141 cm³/mol. The van der Waals surface area contributed by atoms with Crippen LogP contribution in [0.25, 0.3) is 0 Å². The lowest BCUT2D eigenvalue weighted by Crippen LogP contribution is -2.58. The number of thiol groups is 1. The fourth-order valence-electron chi connectivity index (χ4n) is 3.30. The Hall–Kier alpha value is -3.03. The highest BCUT2D eigenvalue weighted by Gasteiger charge is 2.30. The number of aromatic amines is 1. The van der Waals surface area contributed by atoms with Gasteiger partial charge in [-0.25, -0.2) is 9.78 Å². The zero-order chi connectivity index (χ0) is 26.5. The molecule has 4 atom stereocenters. The molecule has 2 rings (SSSR count). The number of aromatic nitrogens is 2. The van der Waals surface area contributed by atoms with Gasteiger partial charge in [-0.2, -0.15) is 24.4 Å². The number of nitrogens with zero attached hydrogens (tertiary/aromatic N) is 1. The Kier molecular flexibility index (Phi) is 12.3. The minimum atomic E-state index is -1.24. The number of thioether (sulfide) groups is 1. The SMILES string of the molecule is CSCCC(NC(=O)C(N)Cc1ccccc1)C(=O)NC(CS)C(=O)NC(Cc1cnc[nH]1)C(=O)O. The third-order valence-corrected chi connectivity index (χ3v) is 6.30. The highest BCUT2D eigenvalue weighted by Crippen LogP contribution is 2.06. The van der Waals surface area contributed by atoms with Crippen molar-refractivity contribution >= 4 is 48.1 Å². The van der Waals surface area contributed by atoms with E-state index in [2.05, 4.69) is 38.5 Å². The number of imidazole rings is 1. The summed E-state index contributed by atoms with van der Waals surface area (Å²) in [4.78, 5) is 56.7. The van der Waals surface area contributed by atoms with Gasteiger partial charge in [0.2, 0.25) is 17.7 Å². The molecule has 7 N–H and O–H groups in total. The maximum absolute atomic E-state index is 13.0. The van der Waals surface area contributed by atoms with E-state index < -0.39 is 47.9 Å². The highest BCUT2D eigenvalue weighted by molar-refractivity contribution is 7.98. The van der Waals surface area contributed by atoms with Crippen LogP contribution in [0.5, 0.6) is 0 Å². The molecule has 36 heavy (non-hydrogen) atoms. The molecular formula is C23H32N6O5S2. The number of amides is 3. The first kappa shape index (κ1) is 29.2. The van der Waals surface area contributed by atoms with Crippen LogP contribution in [-0.4, -0.2) is 80.7 Å². The Morgan fingerprint density at radius 1 is 1.03 bits per heavy atom. The second-order valence-electron chi connectivity index (χ2n) is 8.06. The molecule has 0 fully saturated rings. The molecule has 196 valence electrons. The van der Waals surface area contributed by atoms with Gasteiger partial charge >= 0.3 is 5.97 Å². The predicted octanol–water partition coefficient (Wildman–Crippen LogP) is -0.256. The number of H-pyrrole nitrogens is 1. The van der Waals surface area contributed by atoms with Gasteiger partial charge in [0.15, 0.2) is 0 Å². The first-order valence-corrected chi connectivity index (χ1v) is 13.3. The molecule has 0 bridgehead atoms. The van der Waals surface area contributed by atoms with E-state index in [1.807, 2.05) is 36.6 Å². The second kappa shape index (κ2) is 15.2. The normalized spacial score (nSPS) is 14.2. The average Bonchev–Trinajstić information content (AvgIpc) is 3.38. The Bertz CT molecular complexity index is 992. The van der Waals surface area contributed by atoms with Crippen LogP contribution in [0, 0.1) is 0 Å². The van der Waals surface area contributed by atoms with E-state index in [9.17, 15) is 24.3 Å². The number of rotatable bonds is 15. The largest absolute Gasteiger partial charge is 0.480 e. The number of nitrogens with one attached hydrogen (secondary N) is 4. The van der Waals surface area contributed by atoms with Crippen molar-refractivity contribution in [1.29, 1.82) is 0 Å². The third kappa shape index (κ3) is 9.55. The number of carboxylic acid groups (broad SMARTS) is 1. The van der Waals surface area contributed by atoms with Crippen LogP contribution in [0.3, 0.4) is 0 Å². The number of aliphatic carboxylic acids is 1. The van der Waals surface area contributed by atoms with Gasteiger partial charge < -0.3 is 31.8 Å². The second-order valence-corrected chi connectivity index (χ2v) is 9.41. The van der Waals surface area contributed by atoms with Crippen molar-refractivity contribution in [3.63, 3.8) is 0 Å². The van der Waals surface area contributed by atoms with E-state index in [1.165, 1.54) is 24.3 Å². The fraction of sp³-hybridized carbons (Fsp3) is 0.435. The Morgan fingerprint density at radius 2 is 1.67 bits per heavy atom. The molecule has 4 unspecified atom stereocenters. The van der Waals surface area contributed by atoms with Crippen molar-refractivity contribution in [3.05, 3.63) is 54.1 Å². The number of hydrogen-bond donors (Lipinski definition) is 7. The van der Waals surface area contributed by atoms with E-state index in [1.54, 1.807) is 0 Å². The molecule has 1 aromatic carbocycles. The zero-order valence-electron chi connectivity index (χ0n) is 19.8. The molecule has 11 nitrogen and oxygen atoms in total. The quantitative estimate of drug-likeness (QED) is 0.152. The Labute approximate surface area is 219 Å². The molecule has 13 heteroatoms. The maximum atomic E-state index is 13.0. The zero-order valence-corrected chi connectivity index (χ0v) is 21.6. The number of hydrogen-bond acceptors (Lipinski definition) is 8. The van der Waals surface area contributed by atoms with Gasteiger partial charge in [-0.15, -0.1) is 0 Å². The van der Waals surface area contributed by atoms with Crippen LogP contribution in [0.2, 0.25) is 0 Å². The molecule has 0 saturated carbocycles. The summed E-state index contributed by atoms with van der Waals surface area (Å²) >= 11 is 5.64. The molecule has 0 spiro atoms. The molecular weight excluding hydrogens is 504 g/mol. The Balaban J connectivity index is 2.01. The lowest BCUT2D eigenvalue weighted by atomic mass is 10.1. The van der Waals surface area contributed by atoms with Crippen LogP contribution in [0.4, 0.5) is 0 Å². The van der Waals surface area contributed by atoms with Gasteiger partial charge in [0, 0.05) is 24.1 Å². The average molecular weight is 537 g/mol. The summed E-state index contributed by atoms with van der Waals surface area (Å²) in [6, 6.07) is 5.14. The van der Waals surface area contributed by atoms with Crippen LogP contribution in [-0.2, 0) is 32.0 Å². The summed E-state index contributed by atoms with van der Waals surface area (Å²) in [5.41, 5.74) is 7.47. The van der Waals surface area contributed by atoms with Gasteiger partial charge in [-0.3, -0.25) is 14.4 Å². The fourth-order valence-corrected chi connectivity index (χ4v) is 4.03. The molecule has 2 aromatic rings. The summed E-state index contributed by atoms with van der Waals surface area (Å²) in [5, 5.41) is 17.1. The van der Waals surface area contributed by atoms with Crippen molar-refractivity contribution in [2.24, 2.45) is 5.73 Å². The molecule has 0 aliphatic carbocycles. The van der Waals surface area contributed by atoms with Crippen molar-refractivity contribution in [2.75, 3.05) is 17.8 Å². The van der Waals surface area contributed by atoms with Gasteiger partial charge in [0.05, 0.1) is 12.4 Å². The minimum absolute atomic E-state index is 0.0139. The van der Waals surface area contributed by atoms with Crippen molar-refractivity contribution < 1.29 is 24.3 Å². The molecule has 0 aliphatic rings. The molecule has 1 heterocycles. The topological polar surface area (TPSA) is 179 Å². The number of carbonyl (C=O) groups is 4. The van der Waals surface area contributed by atoms with Crippen LogP contribution >= 0.6 is 24.4 Å². The van der Waals surface area contributed by atoms with E-state index in [0.717, 1.165) is 5.56 Å². The van der Waals surface area contributed by atoms with Crippen LogP contribution in [0.15, 0.2) is 42.9 Å². The number of carbonyl (C=O) groups excluding carboxylic acids is 3. The van der Waals surface area contributed by atoms with Gasteiger partial charge in [-0.1, -0.05) is 30.3 Å². The summed E-state index contributed by atoms with van der Waals surface area (Å²) < 4.78 is 0. The first-order valence-electron chi connectivity index (χ1n) is 11.3. The van der Waals surface area contributed by atoms with Crippen LogP contribution in [0.1, 0.15) is 17.7 Å². The van der Waals surface area contributed by atoms with Gasteiger partial charge in [0.25, 0.3) is 0 Å². The van der Waals surface area contributed by atoms with E-state index in [0.29, 0.717) is 24.3 Å². The monoisotopic (exact) mass is 536 g/mol. The number of nitrogens with two attached hydrogens (primary N) is 1. The smallest absolute Gasteiger partial charge is 0.326 e. The molecule has 0 aliphatic heterocycles. The minimum Gasteiger partial charge on any atom is -0.480 e. The van der Waals surface area contributed by atoms with E-state index in [-0.39, 0.29) is 12.2 Å². The van der Waals surface area contributed by atoms with E-state index in [4.69, 9.17) is 5.73 Å². The first-order chi connectivity index (χ1) is 17.2. The Morgan fingerprint density at radius 3 is 2.25 bits per heavy atom. The third-order valence-electron chi connectivity index (χ3n) is 5.29. The lowest BCUT2D eigenvalue weighted by molar-refractivity contribution is -0.142. The summed E-state index contributed by atoms with van der Waals surface area (Å²) in [6.07, 6.45) is 5.34. The maximum Gasteiger partial charge on any atom is 0.326 e. The summed E-state index contributed by atoms with van der Waals surface area (Å²) in [5.74, 6) is -2.52. The van der Waals surface area contributed by atoms with Crippen molar-refractivity contribution in [2.45, 2.75) is 43.4 Å². The van der Waals surface area contributed by atoms with E-state index >= 15 is 0 Å². The van der Waals surface area contributed by atoms with Crippen LogP contribution < -0.4 is 21.7 Å². The van der Waals surface area contributed by atoms with Gasteiger partial charge in [0.1, 0.15) is 18.1 Å². The molecule has 0 radical (unpaired) electrons. The highest BCUT2D eigenvalue weighted by atomic mass is 32.2. The van der Waals surface area contributed by atoms with Gasteiger partial charge in [-0.05, 0) is 30.4 Å². The summed E-state index contributed by atoms with van der Waals surface area (Å²) in [6.45, 7) is 0. The van der Waals surface area contributed by atoms with Crippen molar-refractivity contribution in [1.82, 2.24) is 25.9 Å². The molecule has 1 aromatic heterocycles. The molecule has 0 saturated heterocycles. The summed E-state index contributed by atoms with van der Waals surface area (Å²) in [7, 11) is 0. The number of carboxylic acids is 1. The van der Waals surface area contributed by atoms with Crippen molar-refractivity contribution in [3.8, 4) is 0 Å². The molecule has 3 amide bonds. The standard InChI is InChI=1S/C23H32N6O5S2/c1-36-8-7-17(27-20(30)16(24)9-14-5-3-2-4-6-14)21(31)29-19(12-35)22(32)28-18(23(33)34)10-15-11-25-13-26-15/h2-6,11,13,16-19,35H,7-10,12,24H2,1H3,(H,25,26)(H,27,30)(H,28,32)(H,29,31)(H,33,34).